The first-order chi connectivity index (χ1) is 10.6. The van der Waals surface area contributed by atoms with Crippen molar-refractivity contribution >= 4 is 11.9 Å². The Labute approximate surface area is 130 Å². The Balaban J connectivity index is 1.96. The highest BCUT2D eigenvalue weighted by Gasteiger charge is 2.19. The van der Waals surface area contributed by atoms with Crippen molar-refractivity contribution in [2.75, 3.05) is 33.4 Å². The standard InChI is InChI=1S/C15H24N4O3/c1-3-17-15(19(2)9-11-6-7-21-10-11)18-8-12-4-5-13(22-12)14(16)20/h4-5,11H,3,6-10H2,1-2H3,(H2,16,20)(H,17,18). The molecule has 0 aliphatic carbocycles. The van der Waals surface area contributed by atoms with Gasteiger partial charge in [0.05, 0.1) is 6.61 Å². The number of furan rings is 1. The lowest BCUT2D eigenvalue weighted by atomic mass is 10.1. The molecule has 2 heterocycles. The van der Waals surface area contributed by atoms with Crippen LogP contribution in [0.2, 0.25) is 0 Å². The lowest BCUT2D eigenvalue weighted by Gasteiger charge is -2.24. The first-order valence-corrected chi connectivity index (χ1v) is 7.55. The average Bonchev–Trinajstić information content (AvgIpc) is 3.14. The molecule has 1 atom stereocenters. The molecular weight excluding hydrogens is 284 g/mol. The summed E-state index contributed by atoms with van der Waals surface area (Å²) in [6.45, 7) is 5.73. The van der Waals surface area contributed by atoms with E-state index in [0.717, 1.165) is 38.7 Å². The molecule has 1 aromatic rings. The predicted octanol–water partition coefficient (Wildman–Crippen LogP) is 0.812. The maximum atomic E-state index is 11.0. The van der Waals surface area contributed by atoms with E-state index in [1.807, 2.05) is 14.0 Å². The fourth-order valence-electron chi connectivity index (χ4n) is 2.42. The van der Waals surface area contributed by atoms with E-state index in [4.69, 9.17) is 14.9 Å². The van der Waals surface area contributed by atoms with Crippen LogP contribution in [-0.2, 0) is 11.3 Å². The number of hydrogen-bond acceptors (Lipinski definition) is 4. The van der Waals surface area contributed by atoms with E-state index in [9.17, 15) is 4.79 Å². The summed E-state index contributed by atoms with van der Waals surface area (Å²) in [4.78, 5) is 17.7. The van der Waals surface area contributed by atoms with E-state index in [-0.39, 0.29) is 5.76 Å². The normalized spacial score (nSPS) is 18.5. The van der Waals surface area contributed by atoms with Gasteiger partial charge < -0.3 is 25.1 Å². The topological polar surface area (TPSA) is 93.1 Å². The molecule has 0 bridgehead atoms. The van der Waals surface area contributed by atoms with Gasteiger partial charge >= 0.3 is 0 Å². The molecule has 7 nitrogen and oxygen atoms in total. The van der Waals surface area contributed by atoms with Gasteiger partial charge in [-0.2, -0.15) is 0 Å². The van der Waals surface area contributed by atoms with Crippen LogP contribution in [0.1, 0.15) is 29.7 Å². The Hall–Kier alpha value is -2.02. The molecule has 122 valence electrons. The summed E-state index contributed by atoms with van der Waals surface area (Å²) in [5.41, 5.74) is 5.17. The molecule has 7 heteroatoms. The summed E-state index contributed by atoms with van der Waals surface area (Å²) < 4.78 is 10.7. The number of rotatable bonds is 6. The molecule has 1 aliphatic rings. The van der Waals surface area contributed by atoms with E-state index in [2.05, 4.69) is 15.2 Å². The average molecular weight is 308 g/mol. The van der Waals surface area contributed by atoms with Crippen molar-refractivity contribution in [2.24, 2.45) is 16.6 Å². The molecular formula is C15H24N4O3. The zero-order valence-corrected chi connectivity index (χ0v) is 13.2. The molecule has 0 saturated carbocycles. The molecule has 1 unspecified atom stereocenters. The van der Waals surface area contributed by atoms with Crippen LogP contribution in [0.25, 0.3) is 0 Å². The largest absolute Gasteiger partial charge is 0.454 e. The number of hydrogen-bond donors (Lipinski definition) is 2. The summed E-state index contributed by atoms with van der Waals surface area (Å²) in [5.74, 6) is 1.55. The van der Waals surface area contributed by atoms with Crippen molar-refractivity contribution in [1.82, 2.24) is 10.2 Å². The van der Waals surface area contributed by atoms with Gasteiger partial charge in [-0.3, -0.25) is 4.79 Å². The van der Waals surface area contributed by atoms with Crippen LogP contribution in [0.5, 0.6) is 0 Å². The lowest BCUT2D eigenvalue weighted by molar-refractivity contribution is 0.0972. The van der Waals surface area contributed by atoms with E-state index in [1.165, 1.54) is 0 Å². The first kappa shape index (κ1) is 16.4. The highest BCUT2D eigenvalue weighted by molar-refractivity contribution is 5.89. The number of nitrogens with one attached hydrogen (secondary N) is 1. The van der Waals surface area contributed by atoms with Crippen LogP contribution >= 0.6 is 0 Å². The van der Waals surface area contributed by atoms with Gasteiger partial charge in [-0.1, -0.05) is 0 Å². The molecule has 1 amide bonds. The Morgan fingerprint density at radius 1 is 1.55 bits per heavy atom. The van der Waals surface area contributed by atoms with E-state index < -0.39 is 5.91 Å². The van der Waals surface area contributed by atoms with E-state index in [1.54, 1.807) is 12.1 Å². The number of ether oxygens (including phenoxy) is 1. The second-order valence-corrected chi connectivity index (χ2v) is 5.41. The smallest absolute Gasteiger partial charge is 0.284 e. The Bertz CT molecular complexity index is 521. The van der Waals surface area contributed by atoms with Gasteiger partial charge in [0.15, 0.2) is 11.7 Å². The SMILES string of the molecule is CCNC(=NCc1ccc(C(N)=O)o1)N(C)CC1CCOC1. The molecule has 0 spiro atoms. The van der Waals surface area contributed by atoms with Crippen molar-refractivity contribution in [3.8, 4) is 0 Å². The van der Waals surface area contributed by atoms with E-state index >= 15 is 0 Å². The van der Waals surface area contributed by atoms with Crippen molar-refractivity contribution in [3.05, 3.63) is 23.7 Å². The quantitative estimate of drug-likeness (QED) is 0.599. The van der Waals surface area contributed by atoms with Crippen LogP contribution in [0.15, 0.2) is 21.5 Å². The number of carbonyl (C=O) groups excluding carboxylic acids is 1. The van der Waals surface area contributed by atoms with Gasteiger partial charge in [0.25, 0.3) is 5.91 Å². The molecule has 0 radical (unpaired) electrons. The third kappa shape index (κ3) is 4.49. The number of aliphatic imine (C=N–C) groups is 1. The number of nitrogens with zero attached hydrogens (tertiary/aromatic N) is 2. The summed E-state index contributed by atoms with van der Waals surface area (Å²) in [6, 6.07) is 3.29. The van der Waals surface area contributed by atoms with Crippen LogP contribution < -0.4 is 11.1 Å². The Morgan fingerprint density at radius 3 is 2.95 bits per heavy atom. The molecule has 1 saturated heterocycles. The molecule has 22 heavy (non-hydrogen) atoms. The van der Waals surface area contributed by atoms with Crippen LogP contribution in [0.3, 0.4) is 0 Å². The highest BCUT2D eigenvalue weighted by atomic mass is 16.5. The monoisotopic (exact) mass is 308 g/mol. The second-order valence-electron chi connectivity index (χ2n) is 5.41. The second kappa shape index (κ2) is 7.84. The minimum absolute atomic E-state index is 0.159. The van der Waals surface area contributed by atoms with Gasteiger partial charge in [0, 0.05) is 32.7 Å². The van der Waals surface area contributed by atoms with Crippen LogP contribution in [0.4, 0.5) is 0 Å². The van der Waals surface area contributed by atoms with Gasteiger partial charge in [0.2, 0.25) is 0 Å². The Kier molecular flexibility index (Phi) is 5.83. The van der Waals surface area contributed by atoms with Crippen molar-refractivity contribution < 1.29 is 13.9 Å². The third-order valence-corrected chi connectivity index (χ3v) is 3.54. The number of nitrogens with two attached hydrogens (primary N) is 1. The number of amides is 1. The minimum Gasteiger partial charge on any atom is -0.454 e. The fourth-order valence-corrected chi connectivity index (χ4v) is 2.42. The molecule has 1 aliphatic heterocycles. The van der Waals surface area contributed by atoms with Crippen molar-refractivity contribution in [2.45, 2.75) is 19.9 Å². The lowest BCUT2D eigenvalue weighted by Crippen LogP contribution is -2.41. The first-order valence-electron chi connectivity index (χ1n) is 7.55. The number of guanidine groups is 1. The summed E-state index contributed by atoms with van der Waals surface area (Å²) in [7, 11) is 2.01. The zero-order chi connectivity index (χ0) is 15.9. The zero-order valence-electron chi connectivity index (χ0n) is 13.2. The van der Waals surface area contributed by atoms with Gasteiger partial charge in [-0.25, -0.2) is 4.99 Å². The minimum atomic E-state index is -0.569. The van der Waals surface area contributed by atoms with Crippen molar-refractivity contribution in [1.29, 1.82) is 0 Å². The molecule has 1 aromatic heterocycles. The van der Waals surface area contributed by atoms with Crippen LogP contribution in [0, 0.1) is 5.92 Å². The summed E-state index contributed by atoms with van der Waals surface area (Å²) >= 11 is 0. The molecule has 1 fully saturated rings. The number of primary amides is 1. The van der Waals surface area contributed by atoms with Gasteiger partial charge in [-0.15, -0.1) is 0 Å². The highest BCUT2D eigenvalue weighted by Crippen LogP contribution is 2.13. The van der Waals surface area contributed by atoms with Crippen LogP contribution in [-0.4, -0.2) is 50.1 Å². The fraction of sp³-hybridized carbons (Fsp3) is 0.600. The summed E-state index contributed by atoms with van der Waals surface area (Å²) in [6.07, 6.45) is 1.09. The predicted molar refractivity (Wildman–Crippen MR) is 83.6 cm³/mol. The van der Waals surface area contributed by atoms with Gasteiger partial charge in [-0.05, 0) is 25.5 Å². The van der Waals surface area contributed by atoms with Gasteiger partial charge in [0.1, 0.15) is 12.3 Å². The maximum Gasteiger partial charge on any atom is 0.284 e. The number of carbonyl (C=O) groups is 1. The van der Waals surface area contributed by atoms with Crippen molar-refractivity contribution in [3.63, 3.8) is 0 Å². The third-order valence-electron chi connectivity index (χ3n) is 3.54. The molecule has 2 rings (SSSR count). The van der Waals surface area contributed by atoms with E-state index in [0.29, 0.717) is 18.2 Å². The maximum absolute atomic E-state index is 11.0. The Morgan fingerprint density at radius 2 is 2.36 bits per heavy atom. The summed E-state index contributed by atoms with van der Waals surface area (Å²) in [5, 5.41) is 3.26. The molecule has 0 aromatic carbocycles. The molecule has 3 N–H and O–H groups in total.